The van der Waals surface area contributed by atoms with Crippen molar-refractivity contribution in [3.8, 4) is 0 Å². The lowest BCUT2D eigenvalue weighted by molar-refractivity contribution is 0.0643. The Hall–Kier alpha value is -1.13. The molecule has 1 aliphatic heterocycles. The first-order chi connectivity index (χ1) is 9.90. The lowest BCUT2D eigenvalue weighted by Crippen LogP contribution is -2.53. The van der Waals surface area contributed by atoms with Crippen LogP contribution >= 0.6 is 0 Å². The number of benzene rings is 1. The van der Waals surface area contributed by atoms with Gasteiger partial charge in [0.15, 0.2) is 0 Å². The Labute approximate surface area is 127 Å². The topological polar surface area (TPSA) is 24.5 Å². The highest BCUT2D eigenvalue weighted by Gasteiger charge is 2.31. The minimum atomic E-state index is -0.175. The number of halogens is 1. The fourth-order valence-electron chi connectivity index (χ4n) is 2.76. The van der Waals surface area contributed by atoms with Crippen molar-refractivity contribution in [3.63, 3.8) is 0 Å². The third-order valence-electron chi connectivity index (χ3n) is 3.85. The molecule has 0 spiro atoms. The number of ether oxygens (including phenoxy) is 1. The van der Waals surface area contributed by atoms with Gasteiger partial charge in [-0.05, 0) is 50.1 Å². The van der Waals surface area contributed by atoms with Crippen molar-refractivity contribution >= 4 is 5.69 Å². The zero-order valence-corrected chi connectivity index (χ0v) is 13.6. The first-order valence-corrected chi connectivity index (χ1v) is 7.74. The van der Waals surface area contributed by atoms with E-state index in [9.17, 15) is 4.39 Å². The second-order valence-corrected chi connectivity index (χ2v) is 6.81. The molecule has 0 bridgehead atoms. The zero-order valence-electron chi connectivity index (χ0n) is 13.6. The van der Waals surface area contributed by atoms with Crippen LogP contribution in [0.15, 0.2) is 18.2 Å². The summed E-state index contributed by atoms with van der Waals surface area (Å²) in [5.41, 5.74) is 2.06. The van der Waals surface area contributed by atoms with Crippen molar-refractivity contribution in [2.75, 3.05) is 31.2 Å². The van der Waals surface area contributed by atoms with Crippen LogP contribution in [-0.4, -0.2) is 31.8 Å². The molecule has 1 aromatic carbocycles. The molecule has 0 atom stereocenters. The van der Waals surface area contributed by atoms with E-state index in [2.05, 4.69) is 37.9 Å². The molecule has 0 saturated carbocycles. The summed E-state index contributed by atoms with van der Waals surface area (Å²) in [5, 5.41) is 3.41. The number of nitrogens with one attached hydrogen (secondary N) is 1. The molecule has 0 amide bonds. The molecular weight excluding hydrogens is 267 g/mol. The smallest absolute Gasteiger partial charge is 0.123 e. The maximum absolute atomic E-state index is 13.6. The van der Waals surface area contributed by atoms with Crippen molar-refractivity contribution in [3.05, 3.63) is 29.6 Å². The molecule has 2 rings (SSSR count). The summed E-state index contributed by atoms with van der Waals surface area (Å²) in [6.45, 7) is 12.6. The number of hydrogen-bond donors (Lipinski definition) is 1. The van der Waals surface area contributed by atoms with Crippen molar-refractivity contribution in [2.24, 2.45) is 5.92 Å². The molecule has 21 heavy (non-hydrogen) atoms. The Balaban J connectivity index is 2.21. The van der Waals surface area contributed by atoms with Crippen molar-refractivity contribution in [2.45, 2.75) is 39.8 Å². The molecule has 0 radical (unpaired) electrons. The first kappa shape index (κ1) is 16.2. The third-order valence-corrected chi connectivity index (χ3v) is 3.85. The monoisotopic (exact) mass is 294 g/mol. The van der Waals surface area contributed by atoms with Gasteiger partial charge in [0.25, 0.3) is 0 Å². The van der Waals surface area contributed by atoms with Crippen LogP contribution < -0.4 is 10.2 Å². The number of anilines is 1. The van der Waals surface area contributed by atoms with E-state index in [1.807, 2.05) is 6.07 Å². The largest absolute Gasteiger partial charge is 0.377 e. The molecular formula is C17H27FN2O. The molecule has 1 N–H and O–H groups in total. The van der Waals surface area contributed by atoms with Crippen LogP contribution in [0, 0.1) is 11.7 Å². The fourth-order valence-corrected chi connectivity index (χ4v) is 2.76. The summed E-state index contributed by atoms with van der Waals surface area (Å²) in [7, 11) is 0. The zero-order chi connectivity index (χ0) is 15.5. The molecule has 1 fully saturated rings. The quantitative estimate of drug-likeness (QED) is 0.902. The minimum absolute atomic E-state index is 0.0666. The lowest BCUT2D eigenvalue weighted by Gasteiger charge is -2.44. The van der Waals surface area contributed by atoms with Crippen LogP contribution in [-0.2, 0) is 11.3 Å². The van der Waals surface area contributed by atoms with Gasteiger partial charge in [0.2, 0.25) is 0 Å². The summed E-state index contributed by atoms with van der Waals surface area (Å²) < 4.78 is 19.2. The van der Waals surface area contributed by atoms with Gasteiger partial charge in [0.1, 0.15) is 5.82 Å². The van der Waals surface area contributed by atoms with E-state index in [1.165, 1.54) is 0 Å². The summed E-state index contributed by atoms with van der Waals surface area (Å²) >= 11 is 0. The van der Waals surface area contributed by atoms with Crippen LogP contribution in [0.2, 0.25) is 0 Å². The summed E-state index contributed by atoms with van der Waals surface area (Å²) in [5.74, 6) is 0.410. The summed E-state index contributed by atoms with van der Waals surface area (Å²) in [4.78, 5) is 2.34. The average molecular weight is 294 g/mol. The van der Waals surface area contributed by atoms with Gasteiger partial charge >= 0.3 is 0 Å². The van der Waals surface area contributed by atoms with Gasteiger partial charge in [0, 0.05) is 18.8 Å². The number of hydrogen-bond acceptors (Lipinski definition) is 3. The van der Waals surface area contributed by atoms with E-state index < -0.39 is 0 Å². The van der Waals surface area contributed by atoms with Gasteiger partial charge in [-0.2, -0.15) is 0 Å². The maximum atomic E-state index is 13.6. The van der Waals surface area contributed by atoms with Gasteiger partial charge < -0.3 is 15.0 Å². The van der Waals surface area contributed by atoms with Crippen LogP contribution in [0.5, 0.6) is 0 Å². The van der Waals surface area contributed by atoms with Crippen molar-refractivity contribution in [1.82, 2.24) is 5.32 Å². The average Bonchev–Trinajstić information content (AvgIpc) is 2.39. The maximum Gasteiger partial charge on any atom is 0.123 e. The molecule has 118 valence electrons. The highest BCUT2D eigenvalue weighted by molar-refractivity contribution is 5.56. The van der Waals surface area contributed by atoms with Gasteiger partial charge in [-0.15, -0.1) is 0 Å². The summed E-state index contributed by atoms with van der Waals surface area (Å²) in [6, 6.07) is 5.09. The van der Waals surface area contributed by atoms with Gasteiger partial charge in [-0.25, -0.2) is 4.39 Å². The van der Waals surface area contributed by atoms with E-state index >= 15 is 0 Å². The fraction of sp³-hybridized carbons (Fsp3) is 0.647. The molecule has 0 aromatic heterocycles. The minimum Gasteiger partial charge on any atom is -0.377 e. The van der Waals surface area contributed by atoms with Crippen LogP contribution in [0.4, 0.5) is 10.1 Å². The molecule has 1 heterocycles. The summed E-state index contributed by atoms with van der Waals surface area (Å²) in [6.07, 6.45) is 0. The van der Waals surface area contributed by atoms with E-state index in [0.29, 0.717) is 19.1 Å². The van der Waals surface area contributed by atoms with Crippen molar-refractivity contribution < 1.29 is 9.13 Å². The van der Waals surface area contributed by atoms with Gasteiger partial charge in [-0.3, -0.25) is 0 Å². The van der Waals surface area contributed by atoms with E-state index in [1.54, 1.807) is 12.1 Å². The normalized spacial score (nSPS) is 18.3. The molecule has 1 aromatic rings. The third kappa shape index (κ3) is 4.17. The van der Waals surface area contributed by atoms with Gasteiger partial charge in [0.05, 0.1) is 18.8 Å². The molecule has 3 nitrogen and oxygen atoms in total. The van der Waals surface area contributed by atoms with E-state index in [-0.39, 0.29) is 11.4 Å². The Morgan fingerprint density at radius 2 is 2.14 bits per heavy atom. The standard InChI is InChI=1S/C17H27FN2O/c1-13(2)10-19-11-14-9-15(18)5-6-16(14)20-7-8-21-12-17(20,3)4/h5-6,9,13,19H,7-8,10-12H2,1-4H3. The SMILES string of the molecule is CC(C)CNCc1cc(F)ccc1N1CCOCC1(C)C. The predicted octanol–water partition coefficient (Wildman–Crippen LogP) is 3.19. The first-order valence-electron chi connectivity index (χ1n) is 7.74. The Bertz CT molecular complexity index is 474. The lowest BCUT2D eigenvalue weighted by atomic mass is 9.99. The van der Waals surface area contributed by atoms with Crippen LogP contribution in [0.25, 0.3) is 0 Å². The Morgan fingerprint density at radius 1 is 1.38 bits per heavy atom. The van der Waals surface area contributed by atoms with Crippen LogP contribution in [0.3, 0.4) is 0 Å². The molecule has 0 unspecified atom stereocenters. The van der Waals surface area contributed by atoms with Gasteiger partial charge in [-0.1, -0.05) is 13.8 Å². The predicted molar refractivity (Wildman–Crippen MR) is 85.2 cm³/mol. The van der Waals surface area contributed by atoms with Crippen molar-refractivity contribution in [1.29, 1.82) is 0 Å². The van der Waals surface area contributed by atoms with Crippen LogP contribution in [0.1, 0.15) is 33.3 Å². The molecule has 0 aliphatic carbocycles. The second kappa shape index (κ2) is 6.75. The number of nitrogens with zero attached hydrogens (tertiary/aromatic N) is 1. The number of morpholine rings is 1. The Morgan fingerprint density at radius 3 is 2.81 bits per heavy atom. The molecule has 4 heteroatoms. The highest BCUT2D eigenvalue weighted by atomic mass is 19.1. The second-order valence-electron chi connectivity index (χ2n) is 6.81. The number of rotatable bonds is 5. The van der Waals surface area contributed by atoms with E-state index in [4.69, 9.17) is 4.74 Å². The Kier molecular flexibility index (Phi) is 5.22. The molecule has 1 aliphatic rings. The van der Waals surface area contributed by atoms with E-state index in [0.717, 1.165) is 30.9 Å². The molecule has 1 saturated heterocycles. The highest BCUT2D eigenvalue weighted by Crippen LogP contribution is 2.30.